The Kier molecular flexibility index (Phi) is 8.83. The third-order valence-corrected chi connectivity index (χ3v) is 6.44. The van der Waals surface area contributed by atoms with Crippen LogP contribution >= 0.6 is 0 Å². The van der Waals surface area contributed by atoms with Gasteiger partial charge in [-0.25, -0.2) is 4.39 Å². The number of rotatable bonds is 9. The minimum atomic E-state index is -0.586. The van der Waals surface area contributed by atoms with Gasteiger partial charge in [0.15, 0.2) is 0 Å². The zero-order chi connectivity index (χ0) is 22.9. The zero-order valence-electron chi connectivity index (χ0n) is 19.3. The van der Waals surface area contributed by atoms with Crippen molar-refractivity contribution in [1.82, 2.24) is 10.2 Å². The maximum Gasteiger partial charge on any atom is 0.242 e. The molecule has 32 heavy (non-hydrogen) atoms. The Morgan fingerprint density at radius 3 is 2.19 bits per heavy atom. The summed E-state index contributed by atoms with van der Waals surface area (Å²) in [6.07, 6.45) is 7.42. The molecular weight excluding hydrogens is 403 g/mol. The van der Waals surface area contributed by atoms with Crippen LogP contribution in [0, 0.1) is 5.82 Å². The van der Waals surface area contributed by atoms with Crippen molar-refractivity contribution in [2.24, 2.45) is 0 Å². The quantitative estimate of drug-likeness (QED) is 0.586. The highest BCUT2D eigenvalue weighted by atomic mass is 19.1. The second-order valence-electron chi connectivity index (χ2n) is 8.84. The number of amides is 2. The second kappa shape index (κ2) is 11.8. The van der Waals surface area contributed by atoms with Gasteiger partial charge in [-0.3, -0.25) is 9.59 Å². The first kappa shape index (κ1) is 24.0. The summed E-state index contributed by atoms with van der Waals surface area (Å²) in [6.45, 7) is 4.19. The van der Waals surface area contributed by atoms with Crippen molar-refractivity contribution in [3.63, 3.8) is 0 Å². The maximum atomic E-state index is 13.3. The van der Waals surface area contributed by atoms with Gasteiger partial charge in [0.1, 0.15) is 11.9 Å². The highest BCUT2D eigenvalue weighted by Gasteiger charge is 2.27. The number of carbonyl (C=O) groups is 2. The van der Waals surface area contributed by atoms with E-state index in [1.165, 1.54) is 24.1 Å². The first-order valence-corrected chi connectivity index (χ1v) is 11.9. The van der Waals surface area contributed by atoms with Crippen LogP contribution < -0.4 is 5.32 Å². The molecular formula is C27H35FN2O2. The van der Waals surface area contributed by atoms with Crippen molar-refractivity contribution in [2.75, 3.05) is 0 Å². The second-order valence-corrected chi connectivity index (χ2v) is 8.84. The molecule has 0 aromatic heterocycles. The van der Waals surface area contributed by atoms with E-state index in [2.05, 4.69) is 36.5 Å². The SMILES string of the molecule is CCc1ccc(CCC(=O)N(Cc2ccc(F)cc2)[C@H](C)C(=O)NC2CCCCC2)cc1. The average Bonchev–Trinajstić information content (AvgIpc) is 2.82. The lowest BCUT2D eigenvalue weighted by atomic mass is 9.95. The van der Waals surface area contributed by atoms with E-state index < -0.39 is 6.04 Å². The summed E-state index contributed by atoms with van der Waals surface area (Å²) in [6, 6.07) is 14.0. The molecule has 1 fully saturated rings. The van der Waals surface area contributed by atoms with E-state index in [0.29, 0.717) is 12.8 Å². The Hall–Kier alpha value is -2.69. The molecule has 3 rings (SSSR count). The summed E-state index contributed by atoms with van der Waals surface area (Å²) in [5, 5.41) is 3.14. The molecule has 1 atom stereocenters. The Balaban J connectivity index is 1.68. The van der Waals surface area contributed by atoms with Gasteiger partial charge in [-0.2, -0.15) is 0 Å². The third kappa shape index (κ3) is 6.91. The summed E-state index contributed by atoms with van der Waals surface area (Å²) in [7, 11) is 0. The van der Waals surface area contributed by atoms with E-state index in [-0.39, 0.29) is 30.2 Å². The van der Waals surface area contributed by atoms with Crippen LogP contribution in [-0.4, -0.2) is 28.8 Å². The lowest BCUT2D eigenvalue weighted by molar-refractivity contribution is -0.141. The van der Waals surface area contributed by atoms with E-state index in [4.69, 9.17) is 0 Å². The fourth-order valence-corrected chi connectivity index (χ4v) is 4.27. The maximum absolute atomic E-state index is 13.3. The minimum absolute atomic E-state index is 0.0693. The molecule has 2 aromatic rings. The molecule has 2 amide bonds. The fourth-order valence-electron chi connectivity index (χ4n) is 4.27. The van der Waals surface area contributed by atoms with Gasteiger partial charge in [0.25, 0.3) is 0 Å². The van der Waals surface area contributed by atoms with E-state index in [1.54, 1.807) is 24.0 Å². The largest absolute Gasteiger partial charge is 0.352 e. The van der Waals surface area contributed by atoms with Crippen molar-refractivity contribution in [3.8, 4) is 0 Å². The van der Waals surface area contributed by atoms with Gasteiger partial charge in [-0.05, 0) is 61.4 Å². The molecule has 0 heterocycles. The van der Waals surface area contributed by atoms with Crippen molar-refractivity contribution < 1.29 is 14.0 Å². The zero-order valence-corrected chi connectivity index (χ0v) is 19.3. The molecule has 0 spiro atoms. The van der Waals surface area contributed by atoms with Gasteiger partial charge in [0.2, 0.25) is 11.8 Å². The number of hydrogen-bond acceptors (Lipinski definition) is 2. The predicted molar refractivity (Wildman–Crippen MR) is 126 cm³/mol. The van der Waals surface area contributed by atoms with Crippen LogP contribution in [0.15, 0.2) is 48.5 Å². The number of aryl methyl sites for hydroxylation is 2. The summed E-state index contributed by atoms with van der Waals surface area (Å²) in [4.78, 5) is 27.8. The number of carbonyl (C=O) groups excluding carboxylic acids is 2. The van der Waals surface area contributed by atoms with Crippen LogP contribution in [0.3, 0.4) is 0 Å². The van der Waals surface area contributed by atoms with Crippen LogP contribution in [0.2, 0.25) is 0 Å². The third-order valence-electron chi connectivity index (χ3n) is 6.44. The van der Waals surface area contributed by atoms with Crippen LogP contribution in [-0.2, 0) is 29.0 Å². The highest BCUT2D eigenvalue weighted by molar-refractivity contribution is 5.87. The number of nitrogens with one attached hydrogen (secondary N) is 1. The van der Waals surface area contributed by atoms with Gasteiger partial charge in [0.05, 0.1) is 0 Å². The van der Waals surface area contributed by atoms with Gasteiger partial charge < -0.3 is 10.2 Å². The Morgan fingerprint density at radius 1 is 0.969 bits per heavy atom. The smallest absolute Gasteiger partial charge is 0.242 e. The summed E-state index contributed by atoms with van der Waals surface area (Å²) >= 11 is 0. The number of hydrogen-bond donors (Lipinski definition) is 1. The minimum Gasteiger partial charge on any atom is -0.352 e. The van der Waals surface area contributed by atoms with Crippen LogP contribution in [0.5, 0.6) is 0 Å². The Labute approximate surface area is 191 Å². The highest BCUT2D eigenvalue weighted by Crippen LogP contribution is 2.19. The topological polar surface area (TPSA) is 49.4 Å². The molecule has 1 aliphatic carbocycles. The number of nitrogens with zero attached hydrogens (tertiary/aromatic N) is 1. The summed E-state index contributed by atoms with van der Waals surface area (Å²) in [5.41, 5.74) is 3.19. The first-order valence-electron chi connectivity index (χ1n) is 11.9. The van der Waals surface area contributed by atoms with E-state index in [1.807, 2.05) is 0 Å². The molecule has 1 N–H and O–H groups in total. The molecule has 0 saturated heterocycles. The molecule has 1 aliphatic rings. The molecule has 0 aliphatic heterocycles. The van der Waals surface area contributed by atoms with Crippen LogP contribution in [0.4, 0.5) is 4.39 Å². The van der Waals surface area contributed by atoms with Crippen molar-refractivity contribution in [1.29, 1.82) is 0 Å². The molecule has 5 heteroatoms. The van der Waals surface area contributed by atoms with Crippen molar-refractivity contribution in [2.45, 2.75) is 83.8 Å². The van der Waals surface area contributed by atoms with Gasteiger partial charge >= 0.3 is 0 Å². The van der Waals surface area contributed by atoms with E-state index >= 15 is 0 Å². The van der Waals surface area contributed by atoms with Crippen LogP contribution in [0.1, 0.15) is 69.1 Å². The van der Waals surface area contributed by atoms with E-state index in [9.17, 15) is 14.0 Å². The summed E-state index contributed by atoms with van der Waals surface area (Å²) in [5.74, 6) is -0.495. The average molecular weight is 439 g/mol. The van der Waals surface area contributed by atoms with Crippen LogP contribution in [0.25, 0.3) is 0 Å². The normalized spacial score (nSPS) is 15.2. The number of halogens is 1. The Bertz CT molecular complexity index is 874. The molecule has 172 valence electrons. The monoisotopic (exact) mass is 438 g/mol. The Morgan fingerprint density at radius 2 is 1.56 bits per heavy atom. The van der Waals surface area contributed by atoms with E-state index in [0.717, 1.165) is 43.2 Å². The first-order chi connectivity index (χ1) is 15.5. The summed E-state index contributed by atoms with van der Waals surface area (Å²) < 4.78 is 13.3. The fraction of sp³-hybridized carbons (Fsp3) is 0.481. The predicted octanol–water partition coefficient (Wildman–Crippen LogP) is 5.19. The van der Waals surface area contributed by atoms with Gasteiger partial charge in [-0.15, -0.1) is 0 Å². The van der Waals surface area contributed by atoms with Crippen molar-refractivity contribution in [3.05, 3.63) is 71.0 Å². The number of benzene rings is 2. The lowest BCUT2D eigenvalue weighted by Crippen LogP contribution is -2.50. The molecule has 1 saturated carbocycles. The van der Waals surface area contributed by atoms with Crippen molar-refractivity contribution >= 4 is 11.8 Å². The molecule has 4 nitrogen and oxygen atoms in total. The molecule has 2 aromatic carbocycles. The molecule has 0 bridgehead atoms. The lowest BCUT2D eigenvalue weighted by Gasteiger charge is -2.31. The molecule has 0 unspecified atom stereocenters. The van der Waals surface area contributed by atoms with Gasteiger partial charge in [-0.1, -0.05) is 62.6 Å². The molecule has 0 radical (unpaired) electrons. The standard InChI is InChI=1S/C27H35FN2O2/c1-3-21-9-11-22(12-10-21)15-18-26(31)30(19-23-13-16-24(28)17-14-23)20(2)27(32)29-25-7-5-4-6-8-25/h9-14,16-17,20,25H,3-8,15,18-19H2,1-2H3,(H,29,32)/t20-/m1/s1. The van der Waals surface area contributed by atoms with Gasteiger partial charge in [0, 0.05) is 19.0 Å².